The predicted octanol–water partition coefficient (Wildman–Crippen LogP) is -6.39. The molecule has 0 fully saturated rings. The van der Waals surface area contributed by atoms with Crippen molar-refractivity contribution in [3.8, 4) is 0 Å². The van der Waals surface area contributed by atoms with Crippen LogP contribution in [0, 0.1) is 0 Å². The van der Waals surface area contributed by atoms with Crippen molar-refractivity contribution in [3.05, 3.63) is 0 Å². The van der Waals surface area contributed by atoms with Crippen molar-refractivity contribution in [1.82, 2.24) is 0 Å². The molecular formula is CBr2O. The van der Waals surface area contributed by atoms with Crippen molar-refractivity contribution in [1.29, 1.82) is 0 Å². The van der Waals surface area contributed by atoms with Gasteiger partial charge in [0.15, 0.2) is 0 Å². The van der Waals surface area contributed by atoms with Crippen molar-refractivity contribution in [3.63, 3.8) is 0 Å². The number of halogens is 2. The quantitative estimate of drug-likeness (QED) is 0.369. The molecule has 0 aliphatic rings. The minimum atomic E-state index is 0. The molecule has 0 aliphatic carbocycles. The average molecular weight is 188 g/mol. The first kappa shape index (κ1) is 21.7. The molecule has 0 aromatic rings. The van der Waals surface area contributed by atoms with Crippen LogP contribution in [0.1, 0.15) is 0 Å². The average Bonchev–Trinajstić information content (AvgIpc) is 1.00. The second kappa shape index (κ2) is 49.6. The Hall–Kier alpha value is 0.760. The molecule has 24 valence electrons. The van der Waals surface area contributed by atoms with Gasteiger partial charge in [-0.05, 0) is 0 Å². The Morgan fingerprint density at radius 2 is 1.00 bits per heavy atom. The number of rotatable bonds is 0. The summed E-state index contributed by atoms with van der Waals surface area (Å²) in [6.45, 7) is 4.50. The predicted molar refractivity (Wildman–Crippen MR) is 5.69 cm³/mol. The number of carbonyl (C=O) groups excluding carboxylic acids is 1. The molecule has 0 atom stereocenters. The monoisotopic (exact) mass is 186 g/mol. The Labute approximate surface area is 45.9 Å². The van der Waals surface area contributed by atoms with Gasteiger partial charge in [-0.3, -0.25) is 0 Å². The molecular weight excluding hydrogens is 188 g/mol. The van der Waals surface area contributed by atoms with Crippen molar-refractivity contribution in [2.45, 2.75) is 0 Å². The molecule has 3 heteroatoms. The summed E-state index contributed by atoms with van der Waals surface area (Å²) in [6, 6.07) is 0. The molecule has 0 aliphatic heterocycles. The summed E-state index contributed by atoms with van der Waals surface area (Å²) in [7, 11) is 0. The fourth-order valence-electron chi connectivity index (χ4n) is 0. The van der Waals surface area contributed by atoms with E-state index in [-0.39, 0.29) is 34.0 Å². The second-order valence-electron chi connectivity index (χ2n) is 0. The van der Waals surface area contributed by atoms with Crippen LogP contribution < -0.4 is 34.0 Å². The van der Waals surface area contributed by atoms with E-state index in [1.807, 2.05) is 0 Å². The van der Waals surface area contributed by atoms with Crippen molar-refractivity contribution in [2.24, 2.45) is 0 Å². The SMILES string of the molecule is [Br-].[Br-].[C+2]=O. The van der Waals surface area contributed by atoms with E-state index in [0.717, 1.165) is 0 Å². The molecule has 0 saturated carbocycles. The van der Waals surface area contributed by atoms with Crippen LogP contribution in [0.3, 0.4) is 0 Å². The molecule has 0 amide bonds. The van der Waals surface area contributed by atoms with Crippen LogP contribution in [0.15, 0.2) is 0 Å². The second-order valence-corrected chi connectivity index (χ2v) is 0. The van der Waals surface area contributed by atoms with Gasteiger partial charge < -0.3 is 34.0 Å². The summed E-state index contributed by atoms with van der Waals surface area (Å²) < 4.78 is 0. The van der Waals surface area contributed by atoms with Gasteiger partial charge >= 0.3 is 11.6 Å². The molecule has 0 spiro atoms. The van der Waals surface area contributed by atoms with E-state index in [4.69, 9.17) is 4.79 Å². The van der Waals surface area contributed by atoms with E-state index in [1.165, 1.54) is 0 Å². The fourth-order valence-corrected chi connectivity index (χ4v) is 0. The Bertz CT molecular complexity index is 6.00. The first-order valence-electron chi connectivity index (χ1n) is 0.204. The third-order valence-electron chi connectivity index (χ3n) is 0. The molecule has 4 heavy (non-hydrogen) atoms. The third-order valence-corrected chi connectivity index (χ3v) is 0. The summed E-state index contributed by atoms with van der Waals surface area (Å²) in [5.41, 5.74) is 0. The van der Waals surface area contributed by atoms with Gasteiger partial charge in [-0.1, -0.05) is 0 Å². The molecule has 0 N–H and O–H groups in total. The topological polar surface area (TPSA) is 17.1 Å². The van der Waals surface area contributed by atoms with Crippen LogP contribution in [-0.2, 0) is 4.79 Å². The van der Waals surface area contributed by atoms with Gasteiger partial charge in [0, 0.05) is 0 Å². The summed E-state index contributed by atoms with van der Waals surface area (Å²) in [5, 5.41) is 0. The number of hydrogen-bond acceptors (Lipinski definition) is 1. The summed E-state index contributed by atoms with van der Waals surface area (Å²) in [5.74, 6) is 0. The van der Waals surface area contributed by atoms with Crippen LogP contribution in [0.4, 0.5) is 0 Å². The molecule has 0 saturated heterocycles. The first-order chi connectivity index (χ1) is 1.00. The maximum atomic E-state index is 7.50. The van der Waals surface area contributed by atoms with E-state index in [2.05, 4.69) is 6.79 Å². The normalized spacial score (nSPS) is 1.50. The van der Waals surface area contributed by atoms with Crippen molar-refractivity contribution >= 4 is 6.79 Å². The van der Waals surface area contributed by atoms with Crippen LogP contribution in [-0.4, -0.2) is 6.79 Å². The van der Waals surface area contributed by atoms with Gasteiger partial charge in [0.1, 0.15) is 0 Å². The van der Waals surface area contributed by atoms with E-state index < -0.39 is 0 Å². The van der Waals surface area contributed by atoms with Gasteiger partial charge in [-0.15, -0.1) is 0 Å². The van der Waals surface area contributed by atoms with Crippen molar-refractivity contribution < 1.29 is 38.8 Å². The summed E-state index contributed by atoms with van der Waals surface area (Å²) in [6.07, 6.45) is 0. The molecule has 0 unspecified atom stereocenters. The van der Waals surface area contributed by atoms with Gasteiger partial charge in [-0.2, -0.15) is 0 Å². The Kier molecular flexibility index (Phi) is 269. The standard InChI is InChI=1S/CO.2BrH/c1-2;;/h;2*1H/q+2;;/p-2. The minimum absolute atomic E-state index is 0. The molecule has 0 heterocycles. The van der Waals surface area contributed by atoms with Crippen LogP contribution in [0.5, 0.6) is 0 Å². The number of hydrogen-bond donors (Lipinski definition) is 0. The van der Waals surface area contributed by atoms with E-state index in [0.29, 0.717) is 0 Å². The molecule has 0 aromatic carbocycles. The first-order valence-corrected chi connectivity index (χ1v) is 0.204. The van der Waals surface area contributed by atoms with Gasteiger partial charge in [-0.25, -0.2) is 0 Å². The van der Waals surface area contributed by atoms with Crippen LogP contribution in [0.2, 0.25) is 0 Å². The molecule has 1 nitrogen and oxygen atoms in total. The zero-order chi connectivity index (χ0) is 2.00. The molecule has 0 radical (unpaired) electrons. The summed E-state index contributed by atoms with van der Waals surface area (Å²) >= 11 is 0. The zero-order valence-corrected chi connectivity index (χ0v) is 4.84. The summed E-state index contributed by atoms with van der Waals surface area (Å²) in [4.78, 5) is 7.50. The molecule has 0 aromatic heterocycles. The van der Waals surface area contributed by atoms with E-state index >= 15 is 0 Å². The van der Waals surface area contributed by atoms with E-state index in [9.17, 15) is 0 Å². The molecule has 0 rings (SSSR count). The van der Waals surface area contributed by atoms with Gasteiger partial charge in [0.05, 0.1) is 0 Å². The van der Waals surface area contributed by atoms with Gasteiger partial charge in [0.2, 0.25) is 0 Å². The maximum absolute atomic E-state index is 7.50. The Morgan fingerprint density at radius 1 is 1.00 bits per heavy atom. The Balaban J connectivity index is -0.00000000500. The van der Waals surface area contributed by atoms with Crippen molar-refractivity contribution in [2.75, 3.05) is 0 Å². The Morgan fingerprint density at radius 3 is 1.00 bits per heavy atom. The van der Waals surface area contributed by atoms with Crippen LogP contribution >= 0.6 is 0 Å². The fraction of sp³-hybridized carbons (Fsp3) is 0. The van der Waals surface area contributed by atoms with Gasteiger partial charge in [0.25, 0.3) is 0 Å². The zero-order valence-electron chi connectivity index (χ0n) is 1.66. The molecule has 0 bridgehead atoms. The van der Waals surface area contributed by atoms with Crippen LogP contribution in [0.25, 0.3) is 0 Å². The van der Waals surface area contributed by atoms with E-state index in [1.54, 1.807) is 0 Å². The third kappa shape index (κ3) is 14.8.